The molecule has 4 rings (SSSR count). The van der Waals surface area contributed by atoms with Crippen LogP contribution >= 0.6 is 22.9 Å². The van der Waals surface area contributed by atoms with Gasteiger partial charge in [0.1, 0.15) is 28.9 Å². The molecule has 2 aromatic carbocycles. The number of fused-ring (bicyclic) bond motifs is 1. The second-order valence-electron chi connectivity index (χ2n) is 10.9. The molecule has 0 aliphatic heterocycles. The third-order valence-electron chi connectivity index (χ3n) is 7.25. The minimum Gasteiger partial charge on any atom is -0.542 e. The number of carbonyl (C=O) groups is 1. The zero-order chi connectivity index (χ0) is 29.4. The van der Waals surface area contributed by atoms with Gasteiger partial charge >= 0.3 is 5.97 Å². The van der Waals surface area contributed by atoms with Crippen LogP contribution in [0.5, 0.6) is 23.0 Å². The fourth-order valence-corrected chi connectivity index (χ4v) is 6.32. The largest absolute Gasteiger partial charge is 0.542 e. The number of ether oxygens (including phenoxy) is 4. The number of carbonyl (C=O) groups excluding carboxylic acids is 1. The van der Waals surface area contributed by atoms with Gasteiger partial charge in [0.2, 0.25) is 0 Å². The molecule has 0 N–H and O–H groups in total. The lowest BCUT2D eigenvalue weighted by Crippen LogP contribution is -2.44. The van der Waals surface area contributed by atoms with Gasteiger partial charge in [-0.05, 0) is 31.1 Å². The van der Waals surface area contributed by atoms with Crippen molar-refractivity contribution in [2.75, 3.05) is 21.3 Å². The first-order valence-corrected chi connectivity index (χ1v) is 16.9. The molecular formula is C29H35ClN2O6SSi. The fraction of sp³-hybridized carbons (Fsp3) is 0.379. The van der Waals surface area contributed by atoms with Gasteiger partial charge in [-0.1, -0.05) is 44.5 Å². The number of hydrogen-bond donors (Lipinski definition) is 0. The van der Waals surface area contributed by atoms with Gasteiger partial charge in [0.15, 0.2) is 16.4 Å². The molecule has 40 heavy (non-hydrogen) atoms. The molecule has 0 fully saturated rings. The summed E-state index contributed by atoms with van der Waals surface area (Å²) in [4.78, 5) is 17.6. The Labute approximate surface area is 244 Å². The van der Waals surface area contributed by atoms with Gasteiger partial charge in [-0.25, -0.2) is 9.78 Å². The van der Waals surface area contributed by atoms with Crippen LogP contribution in [-0.2, 0) is 4.74 Å². The molecule has 0 aliphatic rings. The predicted octanol–water partition coefficient (Wildman–Crippen LogP) is 8.07. The van der Waals surface area contributed by atoms with Crippen molar-refractivity contribution in [2.45, 2.75) is 51.9 Å². The Kier molecular flexibility index (Phi) is 8.44. The van der Waals surface area contributed by atoms with Crippen LogP contribution in [0.4, 0.5) is 0 Å². The van der Waals surface area contributed by atoms with Crippen molar-refractivity contribution in [3.8, 4) is 28.0 Å². The Morgan fingerprint density at radius 1 is 1.02 bits per heavy atom. The number of aromatic nitrogens is 2. The second kappa shape index (κ2) is 11.3. The molecule has 8 nitrogen and oxygen atoms in total. The zero-order valence-electron chi connectivity index (χ0n) is 24.2. The fourth-order valence-electron chi connectivity index (χ4n) is 3.92. The Morgan fingerprint density at radius 2 is 1.70 bits per heavy atom. The topological polar surface area (TPSA) is 81.0 Å². The van der Waals surface area contributed by atoms with Crippen LogP contribution in [0.25, 0.3) is 16.0 Å². The molecule has 2 heterocycles. The SMILES string of the molecule is COC(=O)c1sc(-n2cnc3cc(OC)c(OC)cc32)cc1OC(C)c1cccc(O[Si](C)(C)C(C)(C)C)c1Cl. The Morgan fingerprint density at radius 3 is 2.33 bits per heavy atom. The van der Waals surface area contributed by atoms with Crippen molar-refractivity contribution in [2.24, 2.45) is 0 Å². The van der Waals surface area contributed by atoms with E-state index in [0.717, 1.165) is 16.1 Å². The Balaban J connectivity index is 1.70. The predicted molar refractivity (Wildman–Crippen MR) is 162 cm³/mol. The summed E-state index contributed by atoms with van der Waals surface area (Å²) in [5, 5.41) is 1.24. The summed E-state index contributed by atoms with van der Waals surface area (Å²) in [6.07, 6.45) is 1.20. The van der Waals surface area contributed by atoms with Crippen molar-refractivity contribution in [1.82, 2.24) is 9.55 Å². The van der Waals surface area contributed by atoms with Crippen LogP contribution in [0.3, 0.4) is 0 Å². The van der Waals surface area contributed by atoms with Crippen LogP contribution in [-0.4, -0.2) is 45.2 Å². The second-order valence-corrected chi connectivity index (χ2v) is 17.0. The first-order valence-electron chi connectivity index (χ1n) is 12.8. The normalized spacial score (nSPS) is 12.8. The van der Waals surface area contributed by atoms with Crippen molar-refractivity contribution < 1.29 is 28.2 Å². The lowest BCUT2D eigenvalue weighted by Gasteiger charge is -2.37. The van der Waals surface area contributed by atoms with Gasteiger partial charge in [0.05, 0.1) is 37.4 Å². The van der Waals surface area contributed by atoms with Gasteiger partial charge in [0.25, 0.3) is 8.32 Å². The van der Waals surface area contributed by atoms with Crippen LogP contribution in [0.15, 0.2) is 42.7 Å². The number of esters is 1. The van der Waals surface area contributed by atoms with E-state index in [2.05, 4.69) is 38.8 Å². The van der Waals surface area contributed by atoms with Gasteiger partial charge < -0.3 is 23.4 Å². The lowest BCUT2D eigenvalue weighted by molar-refractivity contribution is 0.0600. The van der Waals surface area contributed by atoms with E-state index < -0.39 is 20.4 Å². The zero-order valence-corrected chi connectivity index (χ0v) is 26.8. The molecule has 0 bridgehead atoms. The van der Waals surface area contributed by atoms with Crippen LogP contribution in [0.2, 0.25) is 23.2 Å². The van der Waals surface area contributed by atoms with Gasteiger partial charge in [-0.3, -0.25) is 4.57 Å². The van der Waals surface area contributed by atoms with Crippen molar-refractivity contribution in [3.05, 3.63) is 58.2 Å². The number of nitrogens with zero attached hydrogens (tertiary/aromatic N) is 2. The third-order valence-corrected chi connectivity index (χ3v) is 13.1. The van der Waals surface area contributed by atoms with E-state index >= 15 is 0 Å². The maximum absolute atomic E-state index is 12.8. The summed E-state index contributed by atoms with van der Waals surface area (Å²) in [5.74, 6) is 1.67. The smallest absolute Gasteiger partial charge is 0.351 e. The first-order chi connectivity index (χ1) is 18.8. The number of thiophene rings is 1. The standard InChI is InChI=1S/C29H35ClN2O6SSi/c1-17(18-11-10-12-21(26(18)30)38-40(8,9)29(2,3)4)37-24-15-25(39-27(24)28(33)36-7)32-16-31-19-13-22(34-5)23(35-6)14-20(19)32/h10-17H,1-9H3. The minimum atomic E-state index is -2.11. The lowest BCUT2D eigenvalue weighted by atomic mass is 10.1. The molecule has 214 valence electrons. The van der Waals surface area contributed by atoms with Gasteiger partial charge in [0, 0.05) is 23.8 Å². The van der Waals surface area contributed by atoms with Crippen molar-refractivity contribution >= 4 is 48.3 Å². The monoisotopic (exact) mass is 602 g/mol. The summed E-state index contributed by atoms with van der Waals surface area (Å²) >= 11 is 8.10. The van der Waals surface area contributed by atoms with Gasteiger partial charge in [-0.2, -0.15) is 0 Å². The summed E-state index contributed by atoms with van der Waals surface area (Å²) in [6, 6.07) is 11.1. The average molecular weight is 603 g/mol. The van der Waals surface area contributed by atoms with E-state index in [1.54, 1.807) is 32.7 Å². The number of benzene rings is 2. The molecule has 1 atom stereocenters. The molecule has 0 spiro atoms. The number of hydrogen-bond acceptors (Lipinski definition) is 8. The summed E-state index contributed by atoms with van der Waals surface area (Å²) in [5.41, 5.74) is 2.26. The Hall–Kier alpha value is -3.21. The van der Waals surface area contributed by atoms with Crippen molar-refractivity contribution in [3.63, 3.8) is 0 Å². The number of halogens is 1. The highest BCUT2D eigenvalue weighted by atomic mass is 35.5. The molecule has 11 heteroatoms. The molecule has 1 unspecified atom stereocenters. The van der Waals surface area contributed by atoms with E-state index in [-0.39, 0.29) is 5.04 Å². The van der Waals surface area contributed by atoms with E-state index in [1.165, 1.54) is 18.4 Å². The van der Waals surface area contributed by atoms with Crippen LogP contribution in [0.1, 0.15) is 49.0 Å². The molecular weight excluding hydrogens is 568 g/mol. The third kappa shape index (κ3) is 5.66. The maximum Gasteiger partial charge on any atom is 0.351 e. The molecule has 0 radical (unpaired) electrons. The number of rotatable bonds is 9. The van der Waals surface area contributed by atoms with Crippen LogP contribution in [0, 0.1) is 0 Å². The number of imidazole rings is 1. The maximum atomic E-state index is 12.8. The highest BCUT2D eigenvalue weighted by Crippen LogP contribution is 2.43. The minimum absolute atomic E-state index is 0.0174. The molecule has 4 aromatic rings. The summed E-state index contributed by atoms with van der Waals surface area (Å²) < 4.78 is 30.7. The highest BCUT2D eigenvalue weighted by Gasteiger charge is 2.39. The Bertz CT molecular complexity index is 1540. The molecule has 0 amide bonds. The summed E-state index contributed by atoms with van der Waals surface area (Å²) in [6.45, 7) is 12.8. The molecule has 0 aliphatic carbocycles. The van der Waals surface area contributed by atoms with E-state index in [9.17, 15) is 4.79 Å². The van der Waals surface area contributed by atoms with E-state index in [4.69, 9.17) is 35.0 Å². The quantitative estimate of drug-likeness (QED) is 0.141. The average Bonchev–Trinajstić information content (AvgIpc) is 3.51. The molecule has 0 saturated heterocycles. The van der Waals surface area contributed by atoms with Crippen molar-refractivity contribution in [1.29, 1.82) is 0 Å². The summed E-state index contributed by atoms with van der Waals surface area (Å²) in [7, 11) is 2.39. The van der Waals surface area contributed by atoms with Gasteiger partial charge in [-0.15, -0.1) is 11.3 Å². The molecule has 2 aromatic heterocycles. The number of methoxy groups -OCH3 is 3. The highest BCUT2D eigenvalue weighted by molar-refractivity contribution is 7.16. The van der Waals surface area contributed by atoms with Crippen LogP contribution < -0.4 is 18.6 Å². The molecule has 0 saturated carbocycles. The van der Waals surface area contributed by atoms with E-state index in [1.807, 2.05) is 35.8 Å². The van der Waals surface area contributed by atoms with E-state index in [0.29, 0.717) is 38.4 Å². The first kappa shape index (κ1) is 29.8.